The molecule has 8 nitrogen and oxygen atoms in total. The minimum Gasteiger partial charge on any atom is -0.507 e. The van der Waals surface area contributed by atoms with Crippen molar-refractivity contribution in [2.75, 3.05) is 0 Å². The van der Waals surface area contributed by atoms with Crippen molar-refractivity contribution in [3.8, 4) is 5.75 Å². The molecule has 1 amide bonds. The summed E-state index contributed by atoms with van der Waals surface area (Å²) in [4.78, 5) is 31.3. The largest absolute Gasteiger partial charge is 0.507 e. The number of hydrogen-bond donors (Lipinski definition) is 3. The van der Waals surface area contributed by atoms with Gasteiger partial charge in [0.1, 0.15) is 17.8 Å². The average molecular weight is 312 g/mol. The van der Waals surface area contributed by atoms with Crippen molar-refractivity contribution in [3.05, 3.63) is 64.3 Å². The molecule has 0 aliphatic rings. The van der Waals surface area contributed by atoms with Crippen molar-refractivity contribution >= 4 is 16.9 Å². The molecule has 0 radical (unpaired) electrons. The number of hydrogen-bond acceptors (Lipinski definition) is 6. The van der Waals surface area contributed by atoms with E-state index in [2.05, 4.69) is 15.3 Å². The highest BCUT2D eigenvalue weighted by molar-refractivity contribution is 6.05. The lowest BCUT2D eigenvalue weighted by Crippen LogP contribution is -2.25. The summed E-state index contributed by atoms with van der Waals surface area (Å²) in [5, 5.41) is 22.1. The molecular formula is C15H12N4O4. The van der Waals surface area contributed by atoms with Gasteiger partial charge >= 0.3 is 0 Å². The third kappa shape index (κ3) is 2.69. The zero-order chi connectivity index (χ0) is 16.4. The Balaban J connectivity index is 1.98. The number of benzene rings is 1. The molecule has 3 N–H and O–H groups in total. The highest BCUT2D eigenvalue weighted by Gasteiger charge is 2.19. The Morgan fingerprint density at radius 2 is 1.96 bits per heavy atom. The second-order valence-electron chi connectivity index (χ2n) is 4.77. The standard InChI is InChI=1S/C15H12N4O4/c20-10-6-11(21)19(23)14-12(10)13(17-8-18-14)15(22)16-7-9-4-2-1-3-5-9/h1-6,8,20,23H,7H2,(H,16,22). The SMILES string of the molecule is O=C(NCc1ccccc1)c1ncnc2c1c(O)cc(=O)n2O. The van der Waals surface area contributed by atoms with Crippen LogP contribution in [-0.4, -0.2) is 30.9 Å². The summed E-state index contributed by atoms with van der Waals surface area (Å²) < 4.78 is 0.255. The van der Waals surface area contributed by atoms with Crippen LogP contribution < -0.4 is 10.9 Å². The summed E-state index contributed by atoms with van der Waals surface area (Å²) in [5.74, 6) is -1.03. The van der Waals surface area contributed by atoms with Crippen LogP contribution in [0, 0.1) is 0 Å². The third-order valence-corrected chi connectivity index (χ3v) is 3.26. The number of carbonyl (C=O) groups is 1. The number of carbonyl (C=O) groups excluding carboxylic acids is 1. The molecule has 8 heteroatoms. The monoisotopic (exact) mass is 312 g/mol. The predicted molar refractivity (Wildman–Crippen MR) is 80.3 cm³/mol. The molecule has 0 spiro atoms. The van der Waals surface area contributed by atoms with Crippen molar-refractivity contribution in [1.29, 1.82) is 0 Å². The maximum Gasteiger partial charge on any atom is 0.288 e. The van der Waals surface area contributed by atoms with Gasteiger partial charge in [0.2, 0.25) is 0 Å². The Kier molecular flexibility index (Phi) is 3.63. The van der Waals surface area contributed by atoms with Crippen molar-refractivity contribution in [2.45, 2.75) is 6.54 Å². The number of nitrogens with zero attached hydrogens (tertiary/aromatic N) is 3. The summed E-state index contributed by atoms with van der Waals surface area (Å²) >= 11 is 0. The van der Waals surface area contributed by atoms with Crippen LogP contribution in [0.25, 0.3) is 11.0 Å². The van der Waals surface area contributed by atoms with Gasteiger partial charge in [-0.1, -0.05) is 30.3 Å². The van der Waals surface area contributed by atoms with Crippen molar-refractivity contribution in [3.63, 3.8) is 0 Å². The molecular weight excluding hydrogens is 300 g/mol. The minimum atomic E-state index is -0.857. The first-order chi connectivity index (χ1) is 11.1. The fraction of sp³-hybridized carbons (Fsp3) is 0.0667. The van der Waals surface area contributed by atoms with Crippen LogP contribution in [0.15, 0.2) is 47.5 Å². The number of rotatable bonds is 3. The second kappa shape index (κ2) is 5.76. The molecule has 23 heavy (non-hydrogen) atoms. The maximum absolute atomic E-state index is 12.3. The van der Waals surface area contributed by atoms with Crippen LogP contribution >= 0.6 is 0 Å². The molecule has 116 valence electrons. The van der Waals surface area contributed by atoms with Gasteiger partial charge in [0, 0.05) is 12.6 Å². The fourth-order valence-corrected chi connectivity index (χ4v) is 2.16. The van der Waals surface area contributed by atoms with Crippen molar-refractivity contribution in [2.24, 2.45) is 0 Å². The lowest BCUT2D eigenvalue weighted by molar-refractivity contribution is 0.0947. The van der Waals surface area contributed by atoms with Gasteiger partial charge in [-0.15, -0.1) is 4.73 Å². The van der Waals surface area contributed by atoms with Crippen LogP contribution in [0.4, 0.5) is 0 Å². The number of fused-ring (bicyclic) bond motifs is 1. The molecule has 0 fully saturated rings. The Labute approximate surface area is 129 Å². The number of nitrogens with one attached hydrogen (secondary N) is 1. The van der Waals surface area contributed by atoms with Crippen LogP contribution in [0.1, 0.15) is 16.1 Å². The molecule has 0 saturated heterocycles. The molecule has 0 atom stereocenters. The van der Waals surface area contributed by atoms with E-state index in [1.807, 2.05) is 30.3 Å². The first kappa shape index (κ1) is 14.5. The quantitative estimate of drug-likeness (QED) is 0.612. The van der Waals surface area contributed by atoms with Gasteiger partial charge in [-0.05, 0) is 5.56 Å². The first-order valence-corrected chi connectivity index (χ1v) is 6.69. The first-order valence-electron chi connectivity index (χ1n) is 6.69. The third-order valence-electron chi connectivity index (χ3n) is 3.26. The zero-order valence-corrected chi connectivity index (χ0v) is 11.8. The predicted octanol–water partition coefficient (Wildman–Crippen LogP) is 0.664. The van der Waals surface area contributed by atoms with E-state index in [1.54, 1.807) is 0 Å². The Bertz CT molecular complexity index is 937. The second-order valence-corrected chi connectivity index (χ2v) is 4.77. The van der Waals surface area contributed by atoms with Crippen molar-refractivity contribution < 1.29 is 15.1 Å². The van der Waals surface area contributed by atoms with E-state index in [4.69, 9.17) is 0 Å². The van der Waals surface area contributed by atoms with E-state index in [1.165, 1.54) is 0 Å². The summed E-state index contributed by atoms with van der Waals surface area (Å²) in [6, 6.07) is 10.0. The average Bonchev–Trinajstić information content (AvgIpc) is 2.58. The summed E-state index contributed by atoms with van der Waals surface area (Å²) in [6.07, 6.45) is 1.03. The zero-order valence-electron chi connectivity index (χ0n) is 11.8. The summed E-state index contributed by atoms with van der Waals surface area (Å²) in [6.45, 7) is 0.269. The van der Waals surface area contributed by atoms with Crippen LogP contribution in [0.5, 0.6) is 5.75 Å². The summed E-state index contributed by atoms with van der Waals surface area (Å²) in [5.41, 5.74) is -0.340. The molecule has 0 bridgehead atoms. The smallest absolute Gasteiger partial charge is 0.288 e. The Morgan fingerprint density at radius 3 is 2.70 bits per heavy atom. The molecule has 0 aliphatic carbocycles. The van der Waals surface area contributed by atoms with E-state index in [0.717, 1.165) is 18.0 Å². The van der Waals surface area contributed by atoms with Crippen molar-refractivity contribution in [1.82, 2.24) is 20.0 Å². The van der Waals surface area contributed by atoms with Gasteiger partial charge in [-0.3, -0.25) is 9.59 Å². The van der Waals surface area contributed by atoms with E-state index in [-0.39, 0.29) is 28.0 Å². The maximum atomic E-state index is 12.3. The number of aromatic hydroxyl groups is 1. The molecule has 2 aromatic heterocycles. The number of amides is 1. The lowest BCUT2D eigenvalue weighted by atomic mass is 10.2. The molecule has 0 unspecified atom stereocenters. The molecule has 0 saturated carbocycles. The van der Waals surface area contributed by atoms with Gasteiger partial charge in [0.05, 0.1) is 5.39 Å². The van der Waals surface area contributed by atoms with E-state index in [9.17, 15) is 19.9 Å². The van der Waals surface area contributed by atoms with E-state index in [0.29, 0.717) is 0 Å². The van der Waals surface area contributed by atoms with E-state index >= 15 is 0 Å². The lowest BCUT2D eigenvalue weighted by Gasteiger charge is -2.09. The Hall–Kier alpha value is -3.42. The normalized spacial score (nSPS) is 10.6. The topological polar surface area (TPSA) is 117 Å². The number of aromatic nitrogens is 3. The minimum absolute atomic E-state index is 0.0971. The Morgan fingerprint density at radius 1 is 1.22 bits per heavy atom. The van der Waals surface area contributed by atoms with Crippen LogP contribution in [0.2, 0.25) is 0 Å². The summed E-state index contributed by atoms with van der Waals surface area (Å²) in [7, 11) is 0. The van der Waals surface area contributed by atoms with Gasteiger partial charge in [-0.2, -0.15) is 0 Å². The number of pyridine rings is 1. The van der Waals surface area contributed by atoms with Gasteiger partial charge in [-0.25, -0.2) is 9.97 Å². The molecule has 3 aromatic rings. The van der Waals surface area contributed by atoms with Gasteiger partial charge < -0.3 is 15.6 Å². The molecule has 0 aliphatic heterocycles. The van der Waals surface area contributed by atoms with Crippen LogP contribution in [-0.2, 0) is 6.54 Å². The highest BCUT2D eigenvalue weighted by atomic mass is 16.5. The van der Waals surface area contributed by atoms with Gasteiger partial charge in [0.15, 0.2) is 5.65 Å². The highest BCUT2D eigenvalue weighted by Crippen LogP contribution is 2.22. The van der Waals surface area contributed by atoms with E-state index < -0.39 is 17.2 Å². The fourth-order valence-electron chi connectivity index (χ4n) is 2.16. The van der Waals surface area contributed by atoms with Crippen LogP contribution in [0.3, 0.4) is 0 Å². The van der Waals surface area contributed by atoms with Gasteiger partial charge in [0.25, 0.3) is 11.5 Å². The molecule has 3 rings (SSSR count). The molecule has 1 aromatic carbocycles. The molecule has 2 heterocycles.